The van der Waals surface area contributed by atoms with Gasteiger partial charge in [0.1, 0.15) is 0 Å². The molecule has 1 amide bonds. The Labute approximate surface area is 125 Å². The SMILES string of the molecule is N[C@@H]1CN(C(=O)c2cc([N+](=O)[O-])cc([N+](=O)[O-])c2)CC12CC2. The number of nitro groups is 2. The Kier molecular flexibility index (Phi) is 3.10. The van der Waals surface area contributed by atoms with E-state index in [1.165, 1.54) is 4.90 Å². The van der Waals surface area contributed by atoms with E-state index in [1.54, 1.807) is 0 Å². The first-order chi connectivity index (χ1) is 10.3. The second-order valence-corrected chi connectivity index (χ2v) is 5.91. The smallest absolute Gasteiger partial charge is 0.277 e. The van der Waals surface area contributed by atoms with Crippen LogP contribution in [0.3, 0.4) is 0 Å². The zero-order valence-electron chi connectivity index (χ0n) is 11.6. The van der Waals surface area contributed by atoms with E-state index in [-0.39, 0.29) is 17.0 Å². The summed E-state index contributed by atoms with van der Waals surface area (Å²) in [5, 5.41) is 21.8. The van der Waals surface area contributed by atoms with E-state index in [1.807, 2.05) is 0 Å². The first-order valence-electron chi connectivity index (χ1n) is 6.81. The molecule has 1 aromatic carbocycles. The number of rotatable bonds is 3. The van der Waals surface area contributed by atoms with Gasteiger partial charge in [0.15, 0.2) is 0 Å². The molecule has 1 aliphatic carbocycles. The number of amides is 1. The van der Waals surface area contributed by atoms with Crippen molar-refractivity contribution in [2.45, 2.75) is 18.9 Å². The lowest BCUT2D eigenvalue weighted by Gasteiger charge is -2.15. The number of hydrogen-bond donors (Lipinski definition) is 1. The van der Waals surface area contributed by atoms with Crippen LogP contribution in [0.15, 0.2) is 18.2 Å². The highest BCUT2D eigenvalue weighted by Crippen LogP contribution is 2.52. The number of likely N-dealkylation sites (tertiary alicyclic amines) is 1. The van der Waals surface area contributed by atoms with Crippen molar-refractivity contribution < 1.29 is 14.6 Å². The van der Waals surface area contributed by atoms with Crippen molar-refractivity contribution in [3.05, 3.63) is 44.0 Å². The second kappa shape index (κ2) is 4.73. The zero-order valence-corrected chi connectivity index (χ0v) is 11.6. The molecule has 0 bridgehead atoms. The van der Waals surface area contributed by atoms with Crippen LogP contribution in [0.2, 0.25) is 0 Å². The third-order valence-electron chi connectivity index (χ3n) is 4.46. The maximum Gasteiger partial charge on any atom is 0.277 e. The summed E-state index contributed by atoms with van der Waals surface area (Å²) in [5.41, 5.74) is 5.01. The summed E-state index contributed by atoms with van der Waals surface area (Å²) in [6.07, 6.45) is 1.93. The van der Waals surface area contributed by atoms with Gasteiger partial charge in [0.2, 0.25) is 0 Å². The molecule has 0 radical (unpaired) electrons. The molecule has 9 nitrogen and oxygen atoms in total. The van der Waals surface area contributed by atoms with Gasteiger partial charge in [-0.1, -0.05) is 0 Å². The molecular weight excluding hydrogens is 292 g/mol. The van der Waals surface area contributed by atoms with E-state index in [0.29, 0.717) is 13.1 Å². The van der Waals surface area contributed by atoms with Crippen molar-refractivity contribution in [2.24, 2.45) is 11.1 Å². The number of carbonyl (C=O) groups is 1. The van der Waals surface area contributed by atoms with Crippen LogP contribution in [-0.2, 0) is 0 Å². The summed E-state index contributed by atoms with van der Waals surface area (Å²) in [7, 11) is 0. The van der Waals surface area contributed by atoms with Gasteiger partial charge in [-0.2, -0.15) is 0 Å². The molecule has 2 aliphatic rings. The molecule has 0 unspecified atom stereocenters. The largest absolute Gasteiger partial charge is 0.336 e. The molecule has 1 saturated carbocycles. The summed E-state index contributed by atoms with van der Waals surface area (Å²) in [6.45, 7) is 0.874. The third-order valence-corrected chi connectivity index (χ3v) is 4.46. The Bertz CT molecular complexity index is 653. The van der Waals surface area contributed by atoms with E-state index in [4.69, 9.17) is 5.73 Å². The minimum absolute atomic E-state index is 0.0255. The summed E-state index contributed by atoms with van der Waals surface area (Å²) in [5.74, 6) is -0.453. The highest BCUT2D eigenvalue weighted by molar-refractivity contribution is 5.96. The van der Waals surface area contributed by atoms with E-state index in [2.05, 4.69) is 0 Å². The fourth-order valence-corrected chi connectivity index (χ4v) is 2.95. The van der Waals surface area contributed by atoms with Crippen LogP contribution < -0.4 is 5.73 Å². The maximum atomic E-state index is 12.5. The van der Waals surface area contributed by atoms with Gasteiger partial charge in [-0.15, -0.1) is 0 Å². The molecule has 22 heavy (non-hydrogen) atoms. The van der Waals surface area contributed by atoms with E-state index in [9.17, 15) is 25.0 Å². The van der Waals surface area contributed by atoms with Gasteiger partial charge in [-0.3, -0.25) is 25.0 Å². The lowest BCUT2D eigenvalue weighted by Crippen LogP contribution is -2.32. The van der Waals surface area contributed by atoms with Gasteiger partial charge in [0.05, 0.1) is 21.5 Å². The fourth-order valence-electron chi connectivity index (χ4n) is 2.95. The van der Waals surface area contributed by atoms with Crippen molar-refractivity contribution in [3.63, 3.8) is 0 Å². The Morgan fingerprint density at radius 3 is 2.14 bits per heavy atom. The van der Waals surface area contributed by atoms with E-state index in [0.717, 1.165) is 31.0 Å². The van der Waals surface area contributed by atoms with Crippen molar-refractivity contribution in [3.8, 4) is 0 Å². The fraction of sp³-hybridized carbons (Fsp3) is 0.462. The van der Waals surface area contributed by atoms with Gasteiger partial charge in [-0.25, -0.2) is 0 Å². The molecule has 9 heteroatoms. The number of nitro benzene ring substituents is 2. The van der Waals surface area contributed by atoms with Crippen LogP contribution in [0.5, 0.6) is 0 Å². The molecule has 1 saturated heterocycles. The molecule has 1 aromatic rings. The van der Waals surface area contributed by atoms with Crippen LogP contribution in [0.4, 0.5) is 11.4 Å². The van der Waals surface area contributed by atoms with Gasteiger partial charge >= 0.3 is 0 Å². The maximum absolute atomic E-state index is 12.5. The van der Waals surface area contributed by atoms with Gasteiger partial charge < -0.3 is 10.6 Å². The van der Waals surface area contributed by atoms with Crippen LogP contribution in [0, 0.1) is 25.6 Å². The lowest BCUT2D eigenvalue weighted by atomic mass is 10.0. The second-order valence-electron chi connectivity index (χ2n) is 5.91. The van der Waals surface area contributed by atoms with E-state index < -0.39 is 27.1 Å². The highest BCUT2D eigenvalue weighted by atomic mass is 16.6. The number of nitrogens with two attached hydrogens (primary N) is 1. The minimum Gasteiger partial charge on any atom is -0.336 e. The summed E-state index contributed by atoms with van der Waals surface area (Å²) < 4.78 is 0. The van der Waals surface area contributed by atoms with Crippen molar-refractivity contribution in [1.29, 1.82) is 0 Å². The molecular formula is C13H14N4O5. The molecule has 1 aliphatic heterocycles. The standard InChI is InChI=1S/C13H14N4O5/c14-11-6-15(7-13(11)1-2-13)12(18)8-3-9(16(19)20)5-10(4-8)17(21)22/h3-5,11H,1-2,6-7,14H2/t11-/m1/s1. The van der Waals surface area contributed by atoms with Crippen molar-refractivity contribution in [2.75, 3.05) is 13.1 Å². The first kappa shape index (κ1) is 14.4. The predicted octanol–water partition coefficient (Wildman–Crippen LogP) is 1.07. The normalized spacial score (nSPS) is 21.9. The molecule has 2 N–H and O–H groups in total. The van der Waals surface area contributed by atoms with Gasteiger partial charge in [-0.05, 0) is 12.8 Å². The topological polar surface area (TPSA) is 133 Å². The average molecular weight is 306 g/mol. The lowest BCUT2D eigenvalue weighted by molar-refractivity contribution is -0.394. The number of nitrogens with zero attached hydrogens (tertiary/aromatic N) is 3. The molecule has 2 fully saturated rings. The Morgan fingerprint density at radius 1 is 1.18 bits per heavy atom. The highest BCUT2D eigenvalue weighted by Gasteiger charge is 2.54. The average Bonchev–Trinajstić information content (AvgIpc) is 3.18. The predicted molar refractivity (Wildman–Crippen MR) is 75.3 cm³/mol. The summed E-state index contributed by atoms with van der Waals surface area (Å²) in [6, 6.07) is 2.87. The number of non-ortho nitro benzene ring substituents is 2. The Hall–Kier alpha value is -2.55. The molecule has 0 aromatic heterocycles. The van der Waals surface area contributed by atoms with Gasteiger partial charge in [0, 0.05) is 36.7 Å². The molecule has 1 spiro atoms. The molecule has 3 rings (SSSR count). The van der Waals surface area contributed by atoms with E-state index >= 15 is 0 Å². The zero-order chi connectivity index (χ0) is 16.1. The van der Waals surface area contributed by atoms with Gasteiger partial charge in [0.25, 0.3) is 17.3 Å². The van der Waals surface area contributed by atoms with Crippen LogP contribution in [0.25, 0.3) is 0 Å². The Morgan fingerprint density at radius 2 is 1.73 bits per heavy atom. The number of benzene rings is 1. The molecule has 1 atom stereocenters. The monoisotopic (exact) mass is 306 g/mol. The quantitative estimate of drug-likeness (QED) is 0.656. The minimum atomic E-state index is -0.748. The van der Waals surface area contributed by atoms with Crippen LogP contribution in [-0.4, -0.2) is 39.8 Å². The summed E-state index contributed by atoms with van der Waals surface area (Å²) >= 11 is 0. The van der Waals surface area contributed by atoms with Crippen molar-refractivity contribution >= 4 is 17.3 Å². The molecule has 1 heterocycles. The van der Waals surface area contributed by atoms with Crippen LogP contribution >= 0.6 is 0 Å². The number of carbonyl (C=O) groups excluding carboxylic acids is 1. The third kappa shape index (κ3) is 2.29. The molecule has 116 valence electrons. The first-order valence-corrected chi connectivity index (χ1v) is 6.81. The van der Waals surface area contributed by atoms with Crippen LogP contribution in [0.1, 0.15) is 23.2 Å². The summed E-state index contributed by atoms with van der Waals surface area (Å²) in [4.78, 5) is 34.3. The van der Waals surface area contributed by atoms with Crippen molar-refractivity contribution in [1.82, 2.24) is 4.90 Å². The Balaban J connectivity index is 1.92. The number of hydrogen-bond acceptors (Lipinski definition) is 6.